The molecule has 2 aliphatic rings. The molecule has 7 heteroatoms. The number of phenolic OH excluding ortho intramolecular Hbond substituents is 1. The lowest BCUT2D eigenvalue weighted by molar-refractivity contribution is 0.185. The minimum absolute atomic E-state index is 0.0188. The van der Waals surface area contributed by atoms with Crippen LogP contribution < -0.4 is 15.0 Å². The van der Waals surface area contributed by atoms with Gasteiger partial charge in [-0.15, -0.1) is 0 Å². The van der Waals surface area contributed by atoms with Gasteiger partial charge in [-0.1, -0.05) is 24.3 Å². The Balaban J connectivity index is 1.34. The molecule has 2 heterocycles. The zero-order valence-electron chi connectivity index (χ0n) is 18.2. The van der Waals surface area contributed by atoms with Gasteiger partial charge in [0.1, 0.15) is 11.5 Å². The van der Waals surface area contributed by atoms with E-state index in [2.05, 4.69) is 27.2 Å². The van der Waals surface area contributed by atoms with Crippen molar-refractivity contribution in [3.8, 4) is 11.5 Å². The number of hydrogen-bond acceptors (Lipinski definition) is 5. The third-order valence-electron chi connectivity index (χ3n) is 6.32. The van der Waals surface area contributed by atoms with Crippen molar-refractivity contribution in [2.24, 2.45) is 0 Å². The molecule has 2 amide bonds. The molecule has 2 N–H and O–H groups in total. The molecule has 2 fully saturated rings. The molecule has 4 rings (SSSR count). The summed E-state index contributed by atoms with van der Waals surface area (Å²) < 4.78 is 5.29. The molecule has 31 heavy (non-hydrogen) atoms. The molecular weight excluding hydrogens is 392 g/mol. The fourth-order valence-corrected chi connectivity index (χ4v) is 4.51. The van der Waals surface area contributed by atoms with Gasteiger partial charge in [-0.2, -0.15) is 0 Å². The number of carbonyl (C=O) groups excluding carboxylic acids is 1. The van der Waals surface area contributed by atoms with Gasteiger partial charge in [0.2, 0.25) is 0 Å². The summed E-state index contributed by atoms with van der Waals surface area (Å²) in [5.41, 5.74) is 2.03. The van der Waals surface area contributed by atoms with Crippen LogP contribution in [-0.4, -0.2) is 73.9 Å². The summed E-state index contributed by atoms with van der Waals surface area (Å²) in [6.07, 6.45) is 2.41. The van der Waals surface area contributed by atoms with Crippen LogP contribution in [0.25, 0.3) is 0 Å². The van der Waals surface area contributed by atoms with Crippen LogP contribution in [-0.2, 0) is 0 Å². The minimum Gasteiger partial charge on any atom is -0.506 e. The number of ether oxygens (including phenoxy) is 1. The van der Waals surface area contributed by atoms with E-state index in [9.17, 15) is 9.90 Å². The molecule has 0 unspecified atom stereocenters. The highest BCUT2D eigenvalue weighted by Gasteiger charge is 2.26. The molecule has 0 aromatic heterocycles. The Bertz CT molecular complexity index is 859. The smallest absolute Gasteiger partial charge is 0.317 e. The number of phenols is 1. The maximum Gasteiger partial charge on any atom is 0.317 e. The van der Waals surface area contributed by atoms with Gasteiger partial charge in [0.25, 0.3) is 0 Å². The van der Waals surface area contributed by atoms with Crippen LogP contribution in [0.5, 0.6) is 11.5 Å². The number of nitrogens with zero attached hydrogens (tertiary/aromatic N) is 3. The number of amides is 2. The highest BCUT2D eigenvalue weighted by atomic mass is 16.5. The van der Waals surface area contributed by atoms with Gasteiger partial charge in [0.05, 0.1) is 18.8 Å². The number of rotatable bonds is 6. The van der Waals surface area contributed by atoms with Crippen molar-refractivity contribution in [3.63, 3.8) is 0 Å². The van der Waals surface area contributed by atoms with Crippen molar-refractivity contribution >= 4 is 11.7 Å². The second-order valence-corrected chi connectivity index (χ2v) is 8.18. The monoisotopic (exact) mass is 424 g/mol. The molecule has 7 nitrogen and oxygen atoms in total. The molecule has 166 valence electrons. The van der Waals surface area contributed by atoms with E-state index in [0.29, 0.717) is 32.7 Å². The van der Waals surface area contributed by atoms with Crippen molar-refractivity contribution in [3.05, 3.63) is 54.1 Å². The summed E-state index contributed by atoms with van der Waals surface area (Å²) >= 11 is 0. The maximum atomic E-state index is 12.9. The van der Waals surface area contributed by atoms with Crippen molar-refractivity contribution in [2.45, 2.75) is 18.9 Å². The van der Waals surface area contributed by atoms with Gasteiger partial charge in [0, 0.05) is 32.7 Å². The lowest BCUT2D eigenvalue weighted by Crippen LogP contribution is -2.52. The molecule has 1 atom stereocenters. The van der Waals surface area contributed by atoms with Crippen LogP contribution in [0.2, 0.25) is 0 Å². The molecule has 0 bridgehead atoms. The van der Waals surface area contributed by atoms with E-state index < -0.39 is 0 Å². The number of benzene rings is 2. The topological polar surface area (TPSA) is 68.3 Å². The first-order valence-corrected chi connectivity index (χ1v) is 11.1. The van der Waals surface area contributed by atoms with Gasteiger partial charge < -0.3 is 25.0 Å². The highest BCUT2D eigenvalue weighted by Crippen LogP contribution is 2.28. The largest absolute Gasteiger partial charge is 0.506 e. The second kappa shape index (κ2) is 9.92. The first-order valence-electron chi connectivity index (χ1n) is 11.1. The first kappa shape index (κ1) is 21.3. The number of para-hydroxylation sites is 2. The summed E-state index contributed by atoms with van der Waals surface area (Å²) in [5.74, 6) is 1.13. The number of hydrogen-bond donors (Lipinski definition) is 2. The third kappa shape index (κ3) is 5.05. The van der Waals surface area contributed by atoms with E-state index in [1.165, 1.54) is 18.4 Å². The average Bonchev–Trinajstić information content (AvgIpc) is 3.34. The lowest BCUT2D eigenvalue weighted by atomic mass is 10.1. The fourth-order valence-electron chi connectivity index (χ4n) is 4.51. The van der Waals surface area contributed by atoms with Crippen molar-refractivity contribution in [1.29, 1.82) is 0 Å². The number of aromatic hydroxyl groups is 1. The lowest BCUT2D eigenvalue weighted by Gasteiger charge is -2.37. The van der Waals surface area contributed by atoms with Crippen LogP contribution >= 0.6 is 0 Å². The third-order valence-corrected chi connectivity index (χ3v) is 6.32. The summed E-state index contributed by atoms with van der Waals surface area (Å²) in [5, 5.41) is 13.2. The summed E-state index contributed by atoms with van der Waals surface area (Å²) in [4.78, 5) is 19.3. The maximum absolute atomic E-state index is 12.9. The predicted molar refractivity (Wildman–Crippen MR) is 122 cm³/mol. The number of anilines is 1. The molecule has 0 saturated carbocycles. The Morgan fingerprint density at radius 1 is 1.00 bits per heavy atom. The van der Waals surface area contributed by atoms with Crippen LogP contribution in [0.3, 0.4) is 0 Å². The van der Waals surface area contributed by atoms with E-state index >= 15 is 0 Å². The van der Waals surface area contributed by atoms with E-state index in [-0.39, 0.29) is 17.8 Å². The Morgan fingerprint density at radius 3 is 2.32 bits per heavy atom. The van der Waals surface area contributed by atoms with Crippen LogP contribution in [0.4, 0.5) is 10.5 Å². The Hall–Kier alpha value is -2.93. The number of carbonyl (C=O) groups is 1. The Labute approximate surface area is 184 Å². The normalized spacial score (nSPS) is 18.1. The predicted octanol–water partition coefficient (Wildman–Crippen LogP) is 3.07. The number of likely N-dealkylation sites (tertiary alicyclic amines) is 1. The molecule has 0 spiro atoms. The van der Waals surface area contributed by atoms with Crippen molar-refractivity contribution in [2.75, 3.05) is 57.8 Å². The SMILES string of the molecule is COc1ccc([C@H](CNC(=O)N2CCN(c3ccccc3O)CC2)N2CCCC2)cc1. The van der Waals surface area contributed by atoms with E-state index in [0.717, 1.165) is 24.5 Å². The first-order chi connectivity index (χ1) is 15.2. The van der Waals surface area contributed by atoms with Gasteiger partial charge in [-0.05, 0) is 55.8 Å². The number of piperazine rings is 1. The molecule has 2 aromatic carbocycles. The molecule has 2 aromatic rings. The molecule has 2 aliphatic heterocycles. The van der Waals surface area contributed by atoms with Crippen molar-refractivity contribution in [1.82, 2.24) is 15.1 Å². The summed E-state index contributed by atoms with van der Waals surface area (Å²) in [6, 6.07) is 15.7. The highest BCUT2D eigenvalue weighted by molar-refractivity contribution is 5.74. The summed E-state index contributed by atoms with van der Waals surface area (Å²) in [7, 11) is 1.67. The average molecular weight is 425 g/mol. The van der Waals surface area contributed by atoms with Gasteiger partial charge in [-0.25, -0.2) is 4.79 Å². The number of nitrogens with one attached hydrogen (secondary N) is 1. The van der Waals surface area contributed by atoms with E-state index in [4.69, 9.17) is 4.74 Å². The van der Waals surface area contributed by atoms with Gasteiger partial charge >= 0.3 is 6.03 Å². The quantitative estimate of drug-likeness (QED) is 0.746. The van der Waals surface area contributed by atoms with E-state index in [1.807, 2.05) is 35.2 Å². The Morgan fingerprint density at radius 2 is 1.68 bits per heavy atom. The zero-order chi connectivity index (χ0) is 21.6. The molecule has 2 saturated heterocycles. The van der Waals surface area contributed by atoms with Gasteiger partial charge in [-0.3, -0.25) is 4.90 Å². The molecular formula is C24H32N4O3. The molecule has 0 aliphatic carbocycles. The van der Waals surface area contributed by atoms with Crippen LogP contribution in [0.1, 0.15) is 24.4 Å². The molecule has 0 radical (unpaired) electrons. The Kier molecular flexibility index (Phi) is 6.82. The second-order valence-electron chi connectivity index (χ2n) is 8.18. The van der Waals surface area contributed by atoms with Crippen LogP contribution in [0.15, 0.2) is 48.5 Å². The summed E-state index contributed by atoms with van der Waals surface area (Å²) in [6.45, 7) is 5.40. The minimum atomic E-state index is -0.0188. The van der Waals surface area contributed by atoms with E-state index in [1.54, 1.807) is 13.2 Å². The van der Waals surface area contributed by atoms with Crippen molar-refractivity contribution < 1.29 is 14.6 Å². The van der Waals surface area contributed by atoms with Crippen LogP contribution in [0, 0.1) is 0 Å². The number of urea groups is 1. The van der Waals surface area contributed by atoms with Gasteiger partial charge in [0.15, 0.2) is 0 Å². The zero-order valence-corrected chi connectivity index (χ0v) is 18.2. The fraction of sp³-hybridized carbons (Fsp3) is 0.458. The standard InChI is InChI=1S/C24H32N4O3/c1-31-20-10-8-19(9-11-20)22(26-12-4-5-13-26)18-25-24(30)28-16-14-27(15-17-28)21-6-2-3-7-23(21)29/h2-3,6-11,22,29H,4-5,12-18H2,1H3,(H,25,30)/t22-/m0/s1. The number of methoxy groups -OCH3 is 1.